The van der Waals surface area contributed by atoms with Crippen molar-refractivity contribution in [3.8, 4) is 0 Å². The average Bonchev–Trinajstić information content (AvgIpc) is 2.55. The molecule has 5 nitrogen and oxygen atoms in total. The van der Waals surface area contributed by atoms with Crippen molar-refractivity contribution in [1.29, 1.82) is 0 Å². The molecule has 2 aliphatic rings. The van der Waals surface area contributed by atoms with Crippen molar-refractivity contribution in [3.05, 3.63) is 0 Å². The van der Waals surface area contributed by atoms with Crippen LogP contribution in [-0.2, 0) is 9.59 Å². The molecule has 2 saturated heterocycles. The van der Waals surface area contributed by atoms with Crippen molar-refractivity contribution in [1.82, 2.24) is 4.90 Å². The van der Waals surface area contributed by atoms with Crippen LogP contribution in [0.15, 0.2) is 0 Å². The van der Waals surface area contributed by atoms with E-state index in [1.807, 2.05) is 0 Å². The van der Waals surface area contributed by atoms with Gasteiger partial charge in [-0.2, -0.15) is 0 Å². The number of fused-ring (bicyclic) bond motifs is 1. The van der Waals surface area contributed by atoms with E-state index in [1.54, 1.807) is 16.7 Å². The Morgan fingerprint density at radius 2 is 2.21 bits per heavy atom. The van der Waals surface area contributed by atoms with Crippen LogP contribution >= 0.6 is 11.8 Å². The smallest absolute Gasteiger partial charge is 0.241 e. The molecule has 2 rings (SSSR count). The average molecular weight is 215 g/mol. The number of carbonyl (C=O) groups excluding carboxylic acids is 2. The molecule has 0 radical (unpaired) electrons. The normalized spacial score (nSPS) is 37.1. The van der Waals surface area contributed by atoms with Gasteiger partial charge in [-0.1, -0.05) is 0 Å². The lowest BCUT2D eigenvalue weighted by Gasteiger charge is -2.34. The van der Waals surface area contributed by atoms with E-state index in [1.165, 1.54) is 0 Å². The summed E-state index contributed by atoms with van der Waals surface area (Å²) in [5.41, 5.74) is 10.9. The number of hydrogen-bond acceptors (Lipinski definition) is 4. The van der Waals surface area contributed by atoms with E-state index in [-0.39, 0.29) is 11.3 Å². The fourth-order valence-corrected chi connectivity index (χ4v) is 3.38. The van der Waals surface area contributed by atoms with Gasteiger partial charge in [-0.05, 0) is 12.8 Å². The van der Waals surface area contributed by atoms with Crippen molar-refractivity contribution in [3.63, 3.8) is 0 Å². The Bertz CT molecular complexity index is 284. The molecule has 4 N–H and O–H groups in total. The van der Waals surface area contributed by atoms with Crippen LogP contribution in [0.1, 0.15) is 12.8 Å². The standard InChI is InChI=1S/C8H13N3O2S/c9-4-1-2-6-11(8(4)13)5(3-14-6)7(10)12/h4-6H,1-3,9H2,(H2,10,12)/t4-,5?,6?/m0/s1. The molecular formula is C8H13N3O2S. The third-order valence-electron chi connectivity index (χ3n) is 2.72. The molecule has 0 aliphatic carbocycles. The van der Waals surface area contributed by atoms with Crippen molar-refractivity contribution >= 4 is 23.6 Å². The molecule has 78 valence electrons. The zero-order valence-corrected chi connectivity index (χ0v) is 8.50. The number of carbonyl (C=O) groups is 2. The molecule has 2 aliphatic heterocycles. The van der Waals surface area contributed by atoms with Gasteiger partial charge in [0.2, 0.25) is 11.8 Å². The number of thioether (sulfide) groups is 1. The van der Waals surface area contributed by atoms with Crippen LogP contribution < -0.4 is 11.5 Å². The van der Waals surface area contributed by atoms with E-state index in [2.05, 4.69) is 0 Å². The monoisotopic (exact) mass is 215 g/mol. The molecule has 6 heteroatoms. The van der Waals surface area contributed by atoms with Gasteiger partial charge in [-0.3, -0.25) is 9.59 Å². The molecule has 0 spiro atoms. The van der Waals surface area contributed by atoms with Crippen LogP contribution in [0.2, 0.25) is 0 Å². The highest BCUT2D eigenvalue weighted by atomic mass is 32.2. The summed E-state index contributed by atoms with van der Waals surface area (Å²) in [5, 5.41) is 0.111. The minimum absolute atomic E-state index is 0.111. The fraction of sp³-hybridized carbons (Fsp3) is 0.750. The van der Waals surface area contributed by atoms with Crippen molar-refractivity contribution < 1.29 is 9.59 Å². The first-order valence-corrected chi connectivity index (χ1v) is 5.65. The highest BCUT2D eigenvalue weighted by Gasteiger charge is 2.44. The van der Waals surface area contributed by atoms with E-state index >= 15 is 0 Å². The molecule has 0 bridgehead atoms. The van der Waals surface area contributed by atoms with Crippen LogP contribution in [0.4, 0.5) is 0 Å². The minimum Gasteiger partial charge on any atom is -0.368 e. The molecule has 0 aromatic rings. The molecule has 3 atom stereocenters. The van der Waals surface area contributed by atoms with Gasteiger partial charge in [-0.15, -0.1) is 11.8 Å². The molecule has 0 aromatic heterocycles. The molecule has 2 unspecified atom stereocenters. The summed E-state index contributed by atoms with van der Waals surface area (Å²) in [6, 6.07) is -0.907. The number of rotatable bonds is 1. The molecular weight excluding hydrogens is 202 g/mol. The molecule has 2 heterocycles. The number of nitrogens with two attached hydrogens (primary N) is 2. The maximum atomic E-state index is 11.7. The maximum absolute atomic E-state index is 11.7. The minimum atomic E-state index is -0.455. The third-order valence-corrected chi connectivity index (χ3v) is 4.07. The van der Waals surface area contributed by atoms with E-state index in [0.717, 1.165) is 6.42 Å². The highest BCUT2D eigenvalue weighted by molar-refractivity contribution is 8.00. The molecule has 0 aromatic carbocycles. The highest BCUT2D eigenvalue weighted by Crippen LogP contribution is 2.35. The Hall–Kier alpha value is -0.750. The Balaban J connectivity index is 2.20. The first-order chi connectivity index (χ1) is 6.61. The molecule has 14 heavy (non-hydrogen) atoms. The topological polar surface area (TPSA) is 89.4 Å². The summed E-state index contributed by atoms with van der Waals surface area (Å²) in [6.07, 6.45) is 1.57. The van der Waals surface area contributed by atoms with Gasteiger partial charge in [0.1, 0.15) is 6.04 Å². The fourth-order valence-electron chi connectivity index (χ4n) is 1.94. The van der Waals surface area contributed by atoms with E-state index < -0.39 is 18.0 Å². The summed E-state index contributed by atoms with van der Waals surface area (Å²) in [5.74, 6) is 0.0517. The Labute approximate surface area is 86.2 Å². The number of nitrogens with zero attached hydrogens (tertiary/aromatic N) is 1. The van der Waals surface area contributed by atoms with Gasteiger partial charge in [-0.25, -0.2) is 0 Å². The summed E-state index contributed by atoms with van der Waals surface area (Å²) in [4.78, 5) is 24.4. The largest absolute Gasteiger partial charge is 0.368 e. The van der Waals surface area contributed by atoms with E-state index in [9.17, 15) is 9.59 Å². The van der Waals surface area contributed by atoms with Crippen LogP contribution in [0.3, 0.4) is 0 Å². The zero-order chi connectivity index (χ0) is 10.3. The molecule has 2 fully saturated rings. The maximum Gasteiger partial charge on any atom is 0.241 e. The van der Waals surface area contributed by atoms with Crippen LogP contribution in [0.25, 0.3) is 0 Å². The lowest BCUT2D eigenvalue weighted by atomic mass is 10.0. The van der Waals surface area contributed by atoms with Gasteiger partial charge < -0.3 is 16.4 Å². The van der Waals surface area contributed by atoms with Crippen LogP contribution in [-0.4, -0.2) is 39.9 Å². The van der Waals surface area contributed by atoms with Crippen LogP contribution in [0, 0.1) is 0 Å². The second kappa shape index (κ2) is 3.43. The van der Waals surface area contributed by atoms with Gasteiger partial charge in [0.25, 0.3) is 0 Å². The Kier molecular flexibility index (Phi) is 2.40. The number of hydrogen-bond donors (Lipinski definition) is 2. The van der Waals surface area contributed by atoms with E-state index in [4.69, 9.17) is 11.5 Å². The van der Waals surface area contributed by atoms with Gasteiger partial charge >= 0.3 is 0 Å². The van der Waals surface area contributed by atoms with Crippen molar-refractivity contribution in [2.75, 3.05) is 5.75 Å². The van der Waals surface area contributed by atoms with Crippen molar-refractivity contribution in [2.24, 2.45) is 11.5 Å². The predicted molar refractivity (Wildman–Crippen MR) is 53.3 cm³/mol. The van der Waals surface area contributed by atoms with Crippen LogP contribution in [0.5, 0.6) is 0 Å². The van der Waals surface area contributed by atoms with Gasteiger partial charge in [0, 0.05) is 5.75 Å². The van der Waals surface area contributed by atoms with E-state index in [0.29, 0.717) is 12.2 Å². The lowest BCUT2D eigenvalue weighted by molar-refractivity contribution is -0.142. The number of amides is 2. The summed E-state index contributed by atoms with van der Waals surface area (Å²) in [7, 11) is 0. The van der Waals surface area contributed by atoms with Gasteiger partial charge in [0.05, 0.1) is 11.4 Å². The Morgan fingerprint density at radius 3 is 2.86 bits per heavy atom. The molecule has 2 amide bonds. The SMILES string of the molecule is NC(=O)C1CSC2CC[C@H](N)C(=O)N21. The van der Waals surface area contributed by atoms with Crippen molar-refractivity contribution in [2.45, 2.75) is 30.3 Å². The summed E-state index contributed by atoms with van der Waals surface area (Å²) < 4.78 is 0. The number of primary amides is 1. The summed E-state index contributed by atoms with van der Waals surface area (Å²) in [6.45, 7) is 0. The quantitative estimate of drug-likeness (QED) is 0.579. The lowest BCUT2D eigenvalue weighted by Crippen LogP contribution is -2.56. The molecule has 0 saturated carbocycles. The van der Waals surface area contributed by atoms with Gasteiger partial charge in [0.15, 0.2) is 0 Å². The predicted octanol–water partition coefficient (Wildman–Crippen LogP) is -1.14. The zero-order valence-electron chi connectivity index (χ0n) is 7.68. The summed E-state index contributed by atoms with van der Waals surface area (Å²) >= 11 is 1.62. The Morgan fingerprint density at radius 1 is 1.50 bits per heavy atom. The second-order valence-corrected chi connectivity index (χ2v) is 4.85. The first-order valence-electron chi connectivity index (χ1n) is 4.60. The number of piperidine rings is 1. The first kappa shape index (κ1) is 9.79. The second-order valence-electron chi connectivity index (χ2n) is 3.64. The third kappa shape index (κ3) is 1.38.